The van der Waals surface area contributed by atoms with Crippen molar-refractivity contribution in [1.82, 2.24) is 9.78 Å². The second-order valence-corrected chi connectivity index (χ2v) is 9.17. The van der Waals surface area contributed by atoms with Gasteiger partial charge in [0.25, 0.3) is 0 Å². The van der Waals surface area contributed by atoms with Crippen molar-refractivity contribution in [3.8, 4) is 11.1 Å². The molecule has 1 saturated heterocycles. The van der Waals surface area contributed by atoms with Crippen molar-refractivity contribution in [3.05, 3.63) is 30.6 Å². The van der Waals surface area contributed by atoms with E-state index in [0.717, 1.165) is 30.9 Å². The highest BCUT2D eigenvalue weighted by molar-refractivity contribution is 6.01. The third-order valence-electron chi connectivity index (χ3n) is 5.75. The Kier molecular flexibility index (Phi) is 5.85. The Bertz CT molecular complexity index is 1010. The van der Waals surface area contributed by atoms with Crippen LogP contribution in [0.1, 0.15) is 27.7 Å². The van der Waals surface area contributed by atoms with E-state index < -0.39 is 12.2 Å². The normalized spacial score (nSPS) is 19.4. The lowest BCUT2D eigenvalue weighted by atomic mass is 9.89. The highest BCUT2D eigenvalue weighted by atomic mass is 16.6. The van der Waals surface area contributed by atoms with Crippen molar-refractivity contribution in [2.24, 2.45) is 5.41 Å². The lowest BCUT2D eigenvalue weighted by Crippen LogP contribution is -2.52. The number of amides is 2. The number of fused-ring (bicyclic) bond motifs is 1. The van der Waals surface area contributed by atoms with Gasteiger partial charge in [0.05, 0.1) is 63.1 Å². The molecule has 1 atom stereocenters. The van der Waals surface area contributed by atoms with Crippen LogP contribution in [0.25, 0.3) is 11.1 Å². The number of rotatable bonds is 4. The van der Waals surface area contributed by atoms with Crippen molar-refractivity contribution >= 4 is 23.6 Å². The van der Waals surface area contributed by atoms with Crippen LogP contribution in [-0.4, -0.2) is 61.0 Å². The molecule has 0 unspecified atom stereocenters. The van der Waals surface area contributed by atoms with Crippen LogP contribution in [0.15, 0.2) is 30.6 Å². The van der Waals surface area contributed by atoms with E-state index in [1.54, 1.807) is 9.80 Å². The van der Waals surface area contributed by atoms with Crippen molar-refractivity contribution in [3.63, 3.8) is 0 Å². The van der Waals surface area contributed by atoms with Gasteiger partial charge in [-0.1, -0.05) is 13.0 Å². The zero-order valence-corrected chi connectivity index (χ0v) is 19.2. The van der Waals surface area contributed by atoms with E-state index in [0.29, 0.717) is 17.9 Å². The van der Waals surface area contributed by atoms with Crippen LogP contribution in [0.4, 0.5) is 21.0 Å². The second kappa shape index (κ2) is 8.46. The molecule has 2 aliphatic rings. The maximum atomic E-state index is 12.9. The summed E-state index contributed by atoms with van der Waals surface area (Å²) in [7, 11) is 1.35. The van der Waals surface area contributed by atoms with E-state index in [2.05, 4.69) is 12.0 Å². The van der Waals surface area contributed by atoms with Gasteiger partial charge in [0.15, 0.2) is 0 Å². The van der Waals surface area contributed by atoms with Gasteiger partial charge in [-0.05, 0) is 38.5 Å². The standard InChI is InChI=1S/C23H30N4O5/c1-15(2)32-21(28)26-10-16(3)27(22(29)30-5)19-7-6-17(8-20(19)26)18-9-24-25(11-18)12-23(4)13-31-14-23/h6-9,11,15-16H,10,12-14H2,1-5H3/t16-/m0/s1. The molecular formula is C23H30N4O5. The number of ether oxygens (including phenoxy) is 3. The van der Waals surface area contributed by atoms with Crippen LogP contribution < -0.4 is 9.80 Å². The summed E-state index contributed by atoms with van der Waals surface area (Å²) in [6.45, 7) is 10.2. The number of hydrogen-bond donors (Lipinski definition) is 0. The second-order valence-electron chi connectivity index (χ2n) is 9.17. The predicted octanol–water partition coefficient (Wildman–Crippen LogP) is 3.91. The molecule has 0 spiro atoms. The van der Waals surface area contributed by atoms with E-state index in [4.69, 9.17) is 14.2 Å². The summed E-state index contributed by atoms with van der Waals surface area (Å²) in [6.07, 6.45) is 2.64. The molecule has 2 amide bonds. The highest BCUT2D eigenvalue weighted by Gasteiger charge is 2.37. The Morgan fingerprint density at radius 2 is 1.97 bits per heavy atom. The Morgan fingerprint density at radius 1 is 1.22 bits per heavy atom. The fourth-order valence-electron chi connectivity index (χ4n) is 4.15. The number of hydrogen-bond acceptors (Lipinski definition) is 6. The summed E-state index contributed by atoms with van der Waals surface area (Å²) >= 11 is 0. The zero-order valence-electron chi connectivity index (χ0n) is 19.2. The van der Waals surface area contributed by atoms with Crippen LogP contribution in [0, 0.1) is 5.41 Å². The molecule has 172 valence electrons. The largest absolute Gasteiger partial charge is 0.452 e. The number of carbonyl (C=O) groups is 2. The van der Waals surface area contributed by atoms with Crippen LogP contribution >= 0.6 is 0 Å². The molecule has 0 radical (unpaired) electrons. The van der Waals surface area contributed by atoms with Crippen LogP contribution in [0.3, 0.4) is 0 Å². The smallest absolute Gasteiger partial charge is 0.414 e. The third kappa shape index (κ3) is 4.17. The number of aromatic nitrogens is 2. The Labute approximate surface area is 187 Å². The first-order chi connectivity index (χ1) is 15.2. The maximum absolute atomic E-state index is 12.9. The minimum Gasteiger partial charge on any atom is -0.452 e. The van der Waals surface area contributed by atoms with Gasteiger partial charge in [-0.15, -0.1) is 0 Å². The molecule has 1 aromatic carbocycles. The molecular weight excluding hydrogens is 412 g/mol. The molecule has 9 heteroatoms. The Hall–Kier alpha value is -3.07. The molecule has 0 saturated carbocycles. The van der Waals surface area contributed by atoms with Gasteiger partial charge in [-0.2, -0.15) is 5.10 Å². The highest BCUT2D eigenvalue weighted by Crippen LogP contribution is 2.39. The maximum Gasteiger partial charge on any atom is 0.414 e. The van der Waals surface area contributed by atoms with Crippen molar-refractivity contribution in [2.75, 3.05) is 36.7 Å². The molecule has 9 nitrogen and oxygen atoms in total. The molecule has 32 heavy (non-hydrogen) atoms. The fourth-order valence-corrected chi connectivity index (χ4v) is 4.15. The topological polar surface area (TPSA) is 86.1 Å². The van der Waals surface area contributed by atoms with Crippen molar-refractivity contribution in [2.45, 2.75) is 46.4 Å². The SMILES string of the molecule is COC(=O)N1c2ccc(-c3cnn(CC4(C)COC4)c3)cc2N(C(=O)OC(C)C)C[C@@H]1C. The molecule has 4 rings (SSSR count). The summed E-state index contributed by atoms with van der Waals surface area (Å²) in [5.41, 5.74) is 3.13. The average Bonchev–Trinajstić information content (AvgIpc) is 3.19. The number of anilines is 2. The summed E-state index contributed by atoms with van der Waals surface area (Å²) in [4.78, 5) is 28.5. The fraction of sp³-hybridized carbons (Fsp3) is 0.522. The summed E-state index contributed by atoms with van der Waals surface area (Å²) in [6, 6.07) is 5.39. The third-order valence-corrected chi connectivity index (χ3v) is 5.75. The number of carbonyl (C=O) groups excluding carboxylic acids is 2. The van der Waals surface area contributed by atoms with Crippen molar-refractivity contribution in [1.29, 1.82) is 0 Å². The zero-order chi connectivity index (χ0) is 23.0. The van der Waals surface area contributed by atoms with Gasteiger partial charge < -0.3 is 14.2 Å². The number of benzene rings is 1. The first kappa shape index (κ1) is 22.1. The van der Waals surface area contributed by atoms with E-state index >= 15 is 0 Å². The summed E-state index contributed by atoms with van der Waals surface area (Å²) < 4.78 is 17.7. The van der Waals surface area contributed by atoms with Crippen LogP contribution in [0.5, 0.6) is 0 Å². The lowest BCUT2D eigenvalue weighted by Gasteiger charge is -2.40. The van der Waals surface area contributed by atoms with E-state index in [9.17, 15) is 9.59 Å². The monoisotopic (exact) mass is 442 g/mol. The number of methoxy groups -OCH3 is 1. The molecule has 1 fully saturated rings. The lowest BCUT2D eigenvalue weighted by molar-refractivity contribution is -0.111. The van der Waals surface area contributed by atoms with Gasteiger partial charge >= 0.3 is 12.2 Å². The average molecular weight is 443 g/mol. The van der Waals surface area contributed by atoms with Gasteiger partial charge in [0.1, 0.15) is 0 Å². The first-order valence-corrected chi connectivity index (χ1v) is 10.8. The Balaban J connectivity index is 1.69. The van der Waals surface area contributed by atoms with E-state index in [1.165, 1.54) is 7.11 Å². The van der Waals surface area contributed by atoms with Crippen molar-refractivity contribution < 1.29 is 23.8 Å². The summed E-state index contributed by atoms with van der Waals surface area (Å²) in [5.74, 6) is 0. The van der Waals surface area contributed by atoms with Crippen LogP contribution in [0.2, 0.25) is 0 Å². The molecule has 2 aromatic rings. The first-order valence-electron chi connectivity index (χ1n) is 10.8. The van der Waals surface area contributed by atoms with E-state index in [-0.39, 0.29) is 17.6 Å². The minimum absolute atomic E-state index is 0.105. The molecule has 0 bridgehead atoms. The molecule has 2 aliphatic heterocycles. The van der Waals surface area contributed by atoms with Gasteiger partial charge in [0.2, 0.25) is 0 Å². The van der Waals surface area contributed by atoms with Gasteiger partial charge in [-0.3, -0.25) is 14.5 Å². The predicted molar refractivity (Wildman–Crippen MR) is 120 cm³/mol. The molecule has 3 heterocycles. The summed E-state index contributed by atoms with van der Waals surface area (Å²) in [5, 5.41) is 4.51. The quantitative estimate of drug-likeness (QED) is 0.714. The van der Waals surface area contributed by atoms with E-state index in [1.807, 2.05) is 56.0 Å². The number of nitrogens with zero attached hydrogens (tertiary/aromatic N) is 4. The Morgan fingerprint density at radius 3 is 2.59 bits per heavy atom. The molecule has 1 aromatic heterocycles. The van der Waals surface area contributed by atoms with Gasteiger partial charge in [-0.25, -0.2) is 9.59 Å². The molecule has 0 aliphatic carbocycles. The van der Waals surface area contributed by atoms with Gasteiger partial charge in [0, 0.05) is 17.2 Å². The molecule has 0 N–H and O–H groups in total. The van der Waals surface area contributed by atoms with Crippen LogP contribution in [-0.2, 0) is 20.8 Å². The minimum atomic E-state index is -0.466.